The van der Waals surface area contributed by atoms with Crippen molar-refractivity contribution in [3.8, 4) is 0 Å². The first-order valence-corrected chi connectivity index (χ1v) is 3.63. The molecule has 0 aliphatic carbocycles. The fourth-order valence-electron chi connectivity index (χ4n) is 0.674. The molecule has 0 bridgehead atoms. The summed E-state index contributed by atoms with van der Waals surface area (Å²) >= 11 is 1.12. The van der Waals surface area contributed by atoms with Gasteiger partial charge in [-0.3, -0.25) is 5.14 Å². The second-order valence-electron chi connectivity index (χ2n) is 1.92. The standard InChI is InChI=1S/C6H9N3S/c7-4-1-2-6(10-9)5(8)3-4/h1-3H,7-9H2. The molecule has 4 heteroatoms. The van der Waals surface area contributed by atoms with E-state index in [1.165, 1.54) is 0 Å². The summed E-state index contributed by atoms with van der Waals surface area (Å²) in [6.45, 7) is 0. The summed E-state index contributed by atoms with van der Waals surface area (Å²) in [6, 6.07) is 5.26. The zero-order valence-electron chi connectivity index (χ0n) is 5.37. The van der Waals surface area contributed by atoms with Gasteiger partial charge in [0.2, 0.25) is 0 Å². The maximum atomic E-state index is 5.55. The smallest absolute Gasteiger partial charge is 0.0486 e. The highest BCUT2D eigenvalue weighted by Gasteiger charge is 1.95. The van der Waals surface area contributed by atoms with Gasteiger partial charge in [0.05, 0.1) is 0 Å². The highest BCUT2D eigenvalue weighted by atomic mass is 32.2. The van der Waals surface area contributed by atoms with Crippen molar-refractivity contribution in [1.82, 2.24) is 0 Å². The van der Waals surface area contributed by atoms with Crippen molar-refractivity contribution in [3.63, 3.8) is 0 Å². The van der Waals surface area contributed by atoms with Gasteiger partial charge >= 0.3 is 0 Å². The van der Waals surface area contributed by atoms with Crippen molar-refractivity contribution < 1.29 is 0 Å². The van der Waals surface area contributed by atoms with Gasteiger partial charge in [0.1, 0.15) is 0 Å². The molecule has 0 fully saturated rings. The number of hydrogen-bond acceptors (Lipinski definition) is 4. The van der Waals surface area contributed by atoms with Crippen molar-refractivity contribution in [2.24, 2.45) is 5.14 Å². The molecule has 0 heterocycles. The minimum Gasteiger partial charge on any atom is -0.399 e. The molecule has 1 aromatic rings. The summed E-state index contributed by atoms with van der Waals surface area (Å²) < 4.78 is 0. The molecule has 0 radical (unpaired) electrons. The summed E-state index contributed by atoms with van der Waals surface area (Å²) in [5.74, 6) is 0. The number of nitrogens with two attached hydrogens (primary N) is 3. The number of hydrogen-bond donors (Lipinski definition) is 3. The van der Waals surface area contributed by atoms with Crippen molar-refractivity contribution in [2.75, 3.05) is 11.5 Å². The third-order valence-corrected chi connectivity index (χ3v) is 1.79. The molecule has 0 saturated carbocycles. The second kappa shape index (κ2) is 2.81. The first-order valence-electron chi connectivity index (χ1n) is 2.76. The van der Waals surface area contributed by atoms with Crippen LogP contribution in [0.15, 0.2) is 23.1 Å². The Bertz CT molecular complexity index is 236. The van der Waals surface area contributed by atoms with Crippen LogP contribution in [0.5, 0.6) is 0 Å². The molecule has 0 unspecified atom stereocenters. The Kier molecular flexibility index (Phi) is 2.03. The van der Waals surface area contributed by atoms with Crippen LogP contribution in [0, 0.1) is 0 Å². The van der Waals surface area contributed by atoms with Crippen LogP contribution in [0.2, 0.25) is 0 Å². The van der Waals surface area contributed by atoms with Crippen LogP contribution < -0.4 is 16.6 Å². The molecule has 3 nitrogen and oxygen atoms in total. The Balaban J connectivity index is 3.07. The maximum Gasteiger partial charge on any atom is 0.0486 e. The van der Waals surface area contributed by atoms with Gasteiger partial charge in [-0.15, -0.1) is 0 Å². The third-order valence-electron chi connectivity index (χ3n) is 1.16. The third kappa shape index (κ3) is 1.34. The molecule has 0 aromatic heterocycles. The Morgan fingerprint density at radius 1 is 1.20 bits per heavy atom. The first-order chi connectivity index (χ1) is 4.74. The van der Waals surface area contributed by atoms with E-state index in [4.69, 9.17) is 16.6 Å². The number of benzene rings is 1. The van der Waals surface area contributed by atoms with Crippen LogP contribution in [0.1, 0.15) is 0 Å². The fraction of sp³-hybridized carbons (Fsp3) is 0. The summed E-state index contributed by atoms with van der Waals surface area (Å²) in [4.78, 5) is 0.856. The van der Waals surface area contributed by atoms with Gasteiger partial charge in [0.15, 0.2) is 0 Å². The van der Waals surface area contributed by atoms with Gasteiger partial charge in [0, 0.05) is 16.3 Å². The largest absolute Gasteiger partial charge is 0.399 e. The molecule has 1 rings (SSSR count). The van der Waals surface area contributed by atoms with Gasteiger partial charge < -0.3 is 11.5 Å². The molecule has 0 aliphatic heterocycles. The second-order valence-corrected chi connectivity index (χ2v) is 2.59. The molecule has 0 spiro atoms. The van der Waals surface area contributed by atoms with Gasteiger partial charge in [-0.2, -0.15) is 0 Å². The topological polar surface area (TPSA) is 78.1 Å². The molecule has 0 aliphatic rings. The Morgan fingerprint density at radius 3 is 2.40 bits per heavy atom. The monoisotopic (exact) mass is 155 g/mol. The molecular formula is C6H9N3S. The lowest BCUT2D eigenvalue weighted by Crippen LogP contribution is -1.93. The zero-order chi connectivity index (χ0) is 7.56. The molecule has 6 N–H and O–H groups in total. The summed E-state index contributed by atoms with van der Waals surface area (Å²) in [5.41, 5.74) is 12.3. The molecule has 0 atom stereocenters. The van der Waals surface area contributed by atoms with Gasteiger partial charge in [0.25, 0.3) is 0 Å². The van der Waals surface area contributed by atoms with Crippen LogP contribution in [0.4, 0.5) is 11.4 Å². The minimum absolute atomic E-state index is 0.632. The van der Waals surface area contributed by atoms with Crippen molar-refractivity contribution in [1.29, 1.82) is 0 Å². The van der Waals surface area contributed by atoms with Crippen LogP contribution >= 0.6 is 11.9 Å². The Morgan fingerprint density at radius 2 is 1.90 bits per heavy atom. The summed E-state index contributed by atoms with van der Waals surface area (Å²) in [6.07, 6.45) is 0. The van der Waals surface area contributed by atoms with Gasteiger partial charge in [-0.1, -0.05) is 0 Å². The number of anilines is 2. The predicted octanol–water partition coefficient (Wildman–Crippen LogP) is 0.817. The quantitative estimate of drug-likeness (QED) is 0.414. The van der Waals surface area contributed by atoms with Gasteiger partial charge in [-0.25, -0.2) is 0 Å². The lowest BCUT2D eigenvalue weighted by atomic mass is 10.3. The van der Waals surface area contributed by atoms with Crippen LogP contribution in [-0.2, 0) is 0 Å². The lowest BCUT2D eigenvalue weighted by Gasteiger charge is -2.00. The molecule has 0 amide bonds. The van der Waals surface area contributed by atoms with Crippen molar-refractivity contribution >= 4 is 23.3 Å². The molecule has 0 saturated heterocycles. The number of rotatable bonds is 1. The minimum atomic E-state index is 0.632. The van der Waals surface area contributed by atoms with E-state index in [2.05, 4.69) is 0 Å². The van der Waals surface area contributed by atoms with E-state index < -0.39 is 0 Å². The SMILES string of the molecule is NSc1ccc(N)cc1N. The summed E-state index contributed by atoms with van der Waals surface area (Å²) in [5, 5.41) is 5.30. The highest BCUT2D eigenvalue weighted by molar-refractivity contribution is 7.97. The van der Waals surface area contributed by atoms with Crippen LogP contribution in [-0.4, -0.2) is 0 Å². The molecular weight excluding hydrogens is 146 g/mol. The van der Waals surface area contributed by atoms with Gasteiger partial charge in [-0.05, 0) is 30.1 Å². The van der Waals surface area contributed by atoms with Crippen molar-refractivity contribution in [2.45, 2.75) is 4.90 Å². The van der Waals surface area contributed by atoms with E-state index in [-0.39, 0.29) is 0 Å². The number of nitrogen functional groups attached to an aromatic ring is 2. The predicted molar refractivity (Wildman–Crippen MR) is 45.3 cm³/mol. The highest BCUT2D eigenvalue weighted by Crippen LogP contribution is 2.22. The van der Waals surface area contributed by atoms with E-state index >= 15 is 0 Å². The first kappa shape index (κ1) is 7.24. The Labute approximate surface area is 63.7 Å². The molecule has 10 heavy (non-hydrogen) atoms. The average Bonchev–Trinajstić information content (AvgIpc) is 1.88. The van der Waals surface area contributed by atoms with E-state index in [9.17, 15) is 0 Å². The van der Waals surface area contributed by atoms with E-state index in [0.29, 0.717) is 11.4 Å². The lowest BCUT2D eigenvalue weighted by molar-refractivity contribution is 1.46. The summed E-state index contributed by atoms with van der Waals surface area (Å²) in [7, 11) is 0. The van der Waals surface area contributed by atoms with E-state index in [0.717, 1.165) is 16.8 Å². The molecule has 54 valence electrons. The van der Waals surface area contributed by atoms with E-state index in [1.807, 2.05) is 0 Å². The normalized spacial score (nSPS) is 9.70. The zero-order valence-corrected chi connectivity index (χ0v) is 6.19. The average molecular weight is 155 g/mol. The van der Waals surface area contributed by atoms with E-state index in [1.54, 1.807) is 18.2 Å². The van der Waals surface area contributed by atoms with Crippen LogP contribution in [0.3, 0.4) is 0 Å². The molecule has 1 aromatic carbocycles. The fourth-order valence-corrected chi connectivity index (χ4v) is 1.02. The Hall–Kier alpha value is -0.870. The van der Waals surface area contributed by atoms with Crippen molar-refractivity contribution in [3.05, 3.63) is 18.2 Å². The van der Waals surface area contributed by atoms with Crippen LogP contribution in [0.25, 0.3) is 0 Å². The maximum absolute atomic E-state index is 5.55.